The van der Waals surface area contributed by atoms with Gasteiger partial charge in [0.2, 0.25) is 0 Å². The first kappa shape index (κ1) is 37.5. The Morgan fingerprint density at radius 1 is 0.435 bits per heavy atom. The molecule has 2 nitrogen and oxygen atoms in total. The van der Waals surface area contributed by atoms with Crippen LogP contribution in [0, 0.1) is 11.8 Å². The molecule has 2 atom stereocenters. The van der Waals surface area contributed by atoms with Gasteiger partial charge >= 0.3 is 0 Å². The molecule has 256 valence electrons. The van der Waals surface area contributed by atoms with Gasteiger partial charge in [-0.05, 0) is 48.6 Å². The predicted molar refractivity (Wildman–Crippen MR) is 206 cm³/mol. The van der Waals surface area contributed by atoms with Gasteiger partial charge < -0.3 is 9.13 Å². The molecule has 0 spiro atoms. The zero-order chi connectivity index (χ0) is 32.8. The highest BCUT2D eigenvalue weighted by Crippen LogP contribution is 2.78. The van der Waals surface area contributed by atoms with Gasteiger partial charge in [0.25, 0.3) is 0 Å². The molecule has 2 aromatic carbocycles. The molecule has 0 N–H and O–H groups in total. The maximum absolute atomic E-state index is 15.9. The average molecular weight is 665 g/mol. The Hall–Kier alpha value is -1.36. The lowest BCUT2D eigenvalue weighted by atomic mass is 9.96. The predicted octanol–water partition coefficient (Wildman–Crippen LogP) is 13.6. The highest BCUT2D eigenvalue weighted by Gasteiger charge is 2.54. The van der Waals surface area contributed by atoms with Crippen LogP contribution in [0.5, 0.6) is 0 Å². The van der Waals surface area contributed by atoms with Crippen LogP contribution < -0.4 is 10.6 Å². The second-order valence-corrected chi connectivity index (χ2v) is 20.3. The van der Waals surface area contributed by atoms with Gasteiger partial charge in [0, 0.05) is 33.6 Å². The molecule has 46 heavy (non-hydrogen) atoms. The molecule has 2 aromatic rings. The van der Waals surface area contributed by atoms with Gasteiger partial charge in [-0.25, -0.2) is 0 Å². The van der Waals surface area contributed by atoms with Crippen LogP contribution in [-0.4, -0.2) is 12.3 Å². The molecule has 2 unspecified atom stereocenters. The molecule has 0 radical (unpaired) electrons. The summed E-state index contributed by atoms with van der Waals surface area (Å²) in [6.07, 6.45) is 26.3. The lowest BCUT2D eigenvalue weighted by Crippen LogP contribution is -2.19. The van der Waals surface area contributed by atoms with Crippen LogP contribution in [0.2, 0.25) is 0 Å². The molecule has 0 aromatic heterocycles. The molecule has 2 aliphatic heterocycles. The fourth-order valence-corrected chi connectivity index (χ4v) is 16.9. The van der Waals surface area contributed by atoms with Gasteiger partial charge in [-0.15, -0.1) is 0 Å². The zero-order valence-corrected chi connectivity index (χ0v) is 31.8. The Bertz CT molecular complexity index is 1220. The van der Waals surface area contributed by atoms with Crippen molar-refractivity contribution in [2.24, 2.45) is 11.8 Å². The molecule has 0 fully saturated rings. The van der Waals surface area contributed by atoms with Crippen molar-refractivity contribution in [3.8, 4) is 0 Å². The van der Waals surface area contributed by atoms with Crippen LogP contribution >= 0.6 is 14.3 Å². The third kappa shape index (κ3) is 9.00. The van der Waals surface area contributed by atoms with Crippen molar-refractivity contribution in [3.05, 3.63) is 59.7 Å². The number of hydrogen-bond donors (Lipinski definition) is 0. The van der Waals surface area contributed by atoms with Crippen LogP contribution in [0.1, 0.15) is 167 Å². The van der Waals surface area contributed by atoms with E-state index in [2.05, 4.69) is 76.2 Å². The molecule has 0 aliphatic carbocycles. The lowest BCUT2D eigenvalue weighted by Gasteiger charge is -2.26. The van der Waals surface area contributed by atoms with Gasteiger partial charge in [0.15, 0.2) is 0 Å². The third-order valence-corrected chi connectivity index (χ3v) is 17.9. The van der Waals surface area contributed by atoms with Crippen LogP contribution in [-0.2, 0) is 9.13 Å². The van der Waals surface area contributed by atoms with E-state index in [1.165, 1.54) is 103 Å². The molecule has 0 bridgehead atoms. The molecule has 0 amide bonds. The van der Waals surface area contributed by atoms with Gasteiger partial charge in [0.05, 0.1) is 0 Å². The fraction of sp³-hybridized carbons (Fsp3) is 0.667. The van der Waals surface area contributed by atoms with Crippen molar-refractivity contribution in [2.75, 3.05) is 12.3 Å². The third-order valence-electron chi connectivity index (χ3n) is 10.9. The molecule has 4 rings (SSSR count). The lowest BCUT2D eigenvalue weighted by molar-refractivity contribution is 0.436. The quantitative estimate of drug-likeness (QED) is 0.0827. The van der Waals surface area contributed by atoms with E-state index in [0.717, 1.165) is 70.4 Å². The van der Waals surface area contributed by atoms with Crippen molar-refractivity contribution < 1.29 is 9.13 Å². The largest absolute Gasteiger partial charge is 0.314 e. The standard InChI is InChI=1S/C42H66O2P2/c1-5-9-13-17-25-35(26-18-14-10-6-2)33-45(43)39-31-23-21-29-37(39)42-41(45)38-30-22-24-32-40(38)46(42,44)34-36(27-19-15-11-7-3)28-20-16-12-8-4/h21-24,29-32,35-36H,5-20,25-28,33-34H2,1-4H3. The van der Waals surface area contributed by atoms with E-state index in [0.29, 0.717) is 11.8 Å². The number of rotatable bonds is 24. The molecule has 4 heteroatoms. The topological polar surface area (TPSA) is 34.1 Å². The van der Waals surface area contributed by atoms with E-state index >= 15 is 9.13 Å². The average Bonchev–Trinajstić information content (AvgIpc) is 3.49. The minimum Gasteiger partial charge on any atom is -0.314 e. The summed E-state index contributed by atoms with van der Waals surface area (Å²) in [5.41, 5.74) is 2.12. The summed E-state index contributed by atoms with van der Waals surface area (Å²) in [5, 5.41) is 4.06. The van der Waals surface area contributed by atoms with Crippen LogP contribution in [0.25, 0.3) is 10.6 Å². The molecular weight excluding hydrogens is 598 g/mol. The highest BCUT2D eigenvalue weighted by molar-refractivity contribution is 7.90. The van der Waals surface area contributed by atoms with Crippen molar-refractivity contribution in [2.45, 2.75) is 156 Å². The van der Waals surface area contributed by atoms with Gasteiger partial charge in [-0.3, -0.25) is 0 Å². The van der Waals surface area contributed by atoms with E-state index in [4.69, 9.17) is 0 Å². The Labute approximate surface area is 283 Å². The molecule has 2 aliphatic rings. The minimum atomic E-state index is -2.94. The van der Waals surface area contributed by atoms with E-state index < -0.39 is 14.3 Å². The van der Waals surface area contributed by atoms with Crippen molar-refractivity contribution in [1.82, 2.24) is 0 Å². The molecule has 2 heterocycles. The van der Waals surface area contributed by atoms with Crippen molar-refractivity contribution in [3.63, 3.8) is 0 Å². The number of benzene rings is 2. The second kappa shape index (κ2) is 19.0. The van der Waals surface area contributed by atoms with E-state index in [9.17, 15) is 0 Å². The Balaban J connectivity index is 1.72. The summed E-state index contributed by atoms with van der Waals surface area (Å²) in [6.45, 7) is 9.11. The van der Waals surface area contributed by atoms with E-state index in [1.807, 2.05) is 0 Å². The summed E-state index contributed by atoms with van der Waals surface area (Å²) in [7, 11) is -5.88. The SMILES string of the molecule is CCCCCCC(CCCCCC)CP1(=O)C2=C(c3ccccc31)P(=O)(CC(CCCCCC)CCCCCC)c1ccccc12. The van der Waals surface area contributed by atoms with Crippen LogP contribution in [0.4, 0.5) is 0 Å². The Morgan fingerprint density at radius 2 is 0.739 bits per heavy atom. The Kier molecular flexibility index (Phi) is 15.5. The summed E-state index contributed by atoms with van der Waals surface area (Å²) in [6, 6.07) is 16.9. The smallest absolute Gasteiger partial charge is 0.145 e. The fourth-order valence-electron chi connectivity index (χ4n) is 8.40. The van der Waals surface area contributed by atoms with Gasteiger partial charge in [-0.2, -0.15) is 0 Å². The minimum absolute atomic E-state index is 0.455. The first-order valence-electron chi connectivity index (χ1n) is 19.6. The highest BCUT2D eigenvalue weighted by atomic mass is 31.2. The van der Waals surface area contributed by atoms with Crippen molar-refractivity contribution >= 4 is 35.5 Å². The molecular formula is C42H66O2P2. The number of unbranched alkanes of at least 4 members (excludes halogenated alkanes) is 12. The second-order valence-electron chi connectivity index (χ2n) is 14.7. The van der Waals surface area contributed by atoms with E-state index in [1.54, 1.807) is 0 Å². The van der Waals surface area contributed by atoms with Gasteiger partial charge in [-0.1, -0.05) is 179 Å². The van der Waals surface area contributed by atoms with Crippen molar-refractivity contribution in [1.29, 1.82) is 0 Å². The summed E-state index contributed by atoms with van der Waals surface area (Å²) >= 11 is 0. The first-order chi connectivity index (χ1) is 22.4. The van der Waals surface area contributed by atoms with E-state index in [-0.39, 0.29) is 0 Å². The number of fused-ring (bicyclic) bond motifs is 4. The summed E-state index contributed by atoms with van der Waals surface area (Å²) in [4.78, 5) is 0. The first-order valence-corrected chi connectivity index (χ1v) is 23.4. The maximum Gasteiger partial charge on any atom is 0.145 e. The monoisotopic (exact) mass is 664 g/mol. The Morgan fingerprint density at radius 3 is 1.04 bits per heavy atom. The molecule has 0 saturated carbocycles. The van der Waals surface area contributed by atoms with Crippen LogP contribution in [0.3, 0.4) is 0 Å². The zero-order valence-electron chi connectivity index (χ0n) is 30.0. The molecule has 0 saturated heterocycles. The summed E-state index contributed by atoms with van der Waals surface area (Å²) in [5.74, 6) is 0.910. The summed E-state index contributed by atoms with van der Waals surface area (Å²) < 4.78 is 31.8. The van der Waals surface area contributed by atoms with Crippen LogP contribution in [0.15, 0.2) is 48.5 Å². The maximum atomic E-state index is 15.9. The van der Waals surface area contributed by atoms with Gasteiger partial charge in [0.1, 0.15) is 14.3 Å². The normalized spacial score (nSPS) is 20.1. The number of hydrogen-bond acceptors (Lipinski definition) is 2.